The second kappa shape index (κ2) is 14.0. The molecule has 0 spiro atoms. The monoisotopic (exact) mass is 581 g/mol. The summed E-state index contributed by atoms with van der Waals surface area (Å²) in [7, 11) is 1.69. The summed E-state index contributed by atoms with van der Waals surface area (Å²) in [6.07, 6.45) is -8.47. The third-order valence-electron chi connectivity index (χ3n) is 5.92. The molecule has 3 rings (SSSR count). The largest absolute Gasteiger partial charge is 0.490 e. The highest BCUT2D eigenvalue weighted by Gasteiger charge is 2.53. The van der Waals surface area contributed by atoms with Crippen LogP contribution >= 0.6 is 11.3 Å². The standard InChI is InChI=1S/C17H27N3O3S.2C2HF3O2/c1-13-18-15(11-24-13)10-19-5-3-4-17(16(21)22)12-20(6-7-23-2)9-14(17)8-19;2*3-2(4,5)1(6)7/h11,14H,3-10,12H2,1-2H3,(H,21,22);2*(H,6,7)/t14-,17-;;/m0../s1. The van der Waals surface area contributed by atoms with Gasteiger partial charge in [0.25, 0.3) is 0 Å². The van der Waals surface area contributed by atoms with Crippen LogP contribution in [0.5, 0.6) is 0 Å². The van der Waals surface area contributed by atoms with Crippen LogP contribution < -0.4 is 0 Å². The molecule has 3 N–H and O–H groups in total. The van der Waals surface area contributed by atoms with E-state index in [2.05, 4.69) is 20.2 Å². The number of alkyl halides is 6. The van der Waals surface area contributed by atoms with Crippen LogP contribution in [-0.2, 0) is 25.7 Å². The zero-order valence-electron chi connectivity index (χ0n) is 20.5. The molecule has 0 radical (unpaired) electrons. The summed E-state index contributed by atoms with van der Waals surface area (Å²) in [6.45, 7) is 7.62. The Bertz CT molecular complexity index is 919. The maximum absolute atomic E-state index is 12.1. The lowest BCUT2D eigenvalue weighted by Gasteiger charge is -2.29. The number of hydrogen-bond donors (Lipinski definition) is 3. The van der Waals surface area contributed by atoms with Crippen molar-refractivity contribution in [3.63, 3.8) is 0 Å². The van der Waals surface area contributed by atoms with Gasteiger partial charge in [0.15, 0.2) is 0 Å². The SMILES string of the molecule is COCCN1C[C@@H]2CN(Cc3csc(C)n3)CCC[C@]2(C(=O)O)C1.O=C(O)C(F)(F)F.O=C(O)C(F)(F)F. The van der Waals surface area contributed by atoms with Crippen LogP contribution in [0.4, 0.5) is 26.3 Å². The minimum atomic E-state index is -5.08. The molecular weight excluding hydrogens is 552 g/mol. The van der Waals surface area contributed by atoms with Crippen molar-refractivity contribution in [3.05, 3.63) is 16.1 Å². The first-order valence-electron chi connectivity index (χ1n) is 11.1. The molecule has 17 heteroatoms. The Kier molecular flexibility index (Phi) is 12.4. The zero-order valence-corrected chi connectivity index (χ0v) is 21.3. The molecule has 1 aromatic heterocycles. The second-order valence-corrected chi connectivity index (χ2v) is 9.75. The van der Waals surface area contributed by atoms with Gasteiger partial charge in [0.05, 0.1) is 22.7 Å². The van der Waals surface area contributed by atoms with Gasteiger partial charge in [0.2, 0.25) is 0 Å². The van der Waals surface area contributed by atoms with Crippen LogP contribution in [0.1, 0.15) is 23.5 Å². The number of hydrogen-bond acceptors (Lipinski definition) is 8. The number of rotatable bonds is 6. The van der Waals surface area contributed by atoms with Crippen molar-refractivity contribution in [1.29, 1.82) is 0 Å². The number of methoxy groups -OCH3 is 1. The van der Waals surface area contributed by atoms with Crippen molar-refractivity contribution < 1.29 is 60.8 Å². The number of carbonyl (C=O) groups is 3. The molecular formula is C21H29F6N3O7S. The fraction of sp³-hybridized carbons (Fsp3) is 0.714. The number of ether oxygens (including phenoxy) is 1. The van der Waals surface area contributed by atoms with Gasteiger partial charge in [0.1, 0.15) is 0 Å². The van der Waals surface area contributed by atoms with E-state index in [4.69, 9.17) is 24.5 Å². The number of carboxylic acid groups (broad SMARTS) is 3. The molecule has 2 aliphatic heterocycles. The summed E-state index contributed by atoms with van der Waals surface area (Å²) in [5, 5.41) is 27.4. The highest BCUT2D eigenvalue weighted by atomic mass is 32.1. The molecule has 2 saturated heterocycles. The number of thiazole rings is 1. The minimum absolute atomic E-state index is 0.175. The average Bonchev–Trinajstić information content (AvgIpc) is 3.30. The number of carboxylic acids is 3. The molecule has 38 heavy (non-hydrogen) atoms. The molecule has 3 heterocycles. The predicted molar refractivity (Wildman–Crippen MR) is 121 cm³/mol. The Hall–Kier alpha value is -2.50. The third kappa shape index (κ3) is 10.3. The lowest BCUT2D eigenvalue weighted by atomic mass is 9.75. The van der Waals surface area contributed by atoms with Gasteiger partial charge < -0.3 is 20.1 Å². The van der Waals surface area contributed by atoms with Gasteiger partial charge in [0, 0.05) is 51.1 Å². The molecule has 1 aromatic rings. The maximum atomic E-state index is 12.1. The van der Waals surface area contributed by atoms with Gasteiger partial charge in [-0.05, 0) is 26.3 Å². The fourth-order valence-electron chi connectivity index (χ4n) is 4.21. The highest BCUT2D eigenvalue weighted by molar-refractivity contribution is 7.09. The maximum Gasteiger partial charge on any atom is 0.490 e. The van der Waals surface area contributed by atoms with Crippen molar-refractivity contribution in [3.8, 4) is 0 Å². The topological polar surface area (TPSA) is 140 Å². The number of halogens is 6. The first kappa shape index (κ1) is 33.5. The van der Waals surface area contributed by atoms with E-state index in [1.54, 1.807) is 18.4 Å². The third-order valence-corrected chi connectivity index (χ3v) is 6.74. The summed E-state index contributed by atoms with van der Waals surface area (Å²) in [5.74, 6) is -5.96. The number of likely N-dealkylation sites (tertiary alicyclic amines) is 2. The quantitative estimate of drug-likeness (QED) is 0.430. The van der Waals surface area contributed by atoms with Crippen LogP contribution in [-0.4, -0.2) is 107 Å². The number of aryl methyl sites for hydroxylation is 1. The second-order valence-electron chi connectivity index (χ2n) is 8.69. The molecule has 0 bridgehead atoms. The van der Waals surface area contributed by atoms with E-state index in [0.29, 0.717) is 13.2 Å². The van der Waals surface area contributed by atoms with Gasteiger partial charge in [-0.15, -0.1) is 11.3 Å². The van der Waals surface area contributed by atoms with E-state index in [0.717, 1.165) is 56.3 Å². The van der Waals surface area contributed by atoms with Crippen LogP contribution in [0, 0.1) is 18.3 Å². The average molecular weight is 582 g/mol. The van der Waals surface area contributed by atoms with E-state index in [-0.39, 0.29) is 5.92 Å². The number of aliphatic carboxylic acids is 3. The Morgan fingerprint density at radius 2 is 1.61 bits per heavy atom. The Balaban J connectivity index is 0.000000426. The zero-order chi connectivity index (χ0) is 29.3. The molecule has 2 fully saturated rings. The van der Waals surface area contributed by atoms with Crippen molar-refractivity contribution in [2.24, 2.45) is 11.3 Å². The van der Waals surface area contributed by atoms with Crippen molar-refractivity contribution in [2.75, 3.05) is 46.4 Å². The molecule has 0 aliphatic carbocycles. The lowest BCUT2D eigenvalue weighted by Crippen LogP contribution is -2.41. The predicted octanol–water partition coefficient (Wildman–Crippen LogP) is 2.96. The molecule has 10 nitrogen and oxygen atoms in total. The number of aromatic nitrogens is 1. The van der Waals surface area contributed by atoms with Gasteiger partial charge >= 0.3 is 30.3 Å². The van der Waals surface area contributed by atoms with Crippen molar-refractivity contribution >= 4 is 29.2 Å². The first-order chi connectivity index (χ1) is 17.4. The minimum Gasteiger partial charge on any atom is -0.481 e. The summed E-state index contributed by atoms with van der Waals surface area (Å²) >= 11 is 1.68. The normalized spacial score (nSPS) is 22.3. The van der Waals surface area contributed by atoms with Crippen LogP contribution in [0.25, 0.3) is 0 Å². The summed E-state index contributed by atoms with van der Waals surface area (Å²) in [4.78, 5) is 39.1. The molecule has 0 aromatic carbocycles. The first-order valence-corrected chi connectivity index (χ1v) is 12.0. The van der Waals surface area contributed by atoms with E-state index >= 15 is 0 Å². The van der Waals surface area contributed by atoms with Crippen molar-refractivity contribution in [2.45, 2.75) is 38.7 Å². The van der Waals surface area contributed by atoms with E-state index in [1.807, 2.05) is 6.92 Å². The van der Waals surface area contributed by atoms with Crippen LogP contribution in [0.15, 0.2) is 5.38 Å². The molecule has 2 atom stereocenters. The molecule has 0 amide bonds. The molecule has 0 unspecified atom stereocenters. The Morgan fingerprint density at radius 1 is 1.08 bits per heavy atom. The smallest absolute Gasteiger partial charge is 0.481 e. The van der Waals surface area contributed by atoms with E-state index < -0.39 is 35.7 Å². The Labute approximate surface area is 217 Å². The molecule has 218 valence electrons. The van der Waals surface area contributed by atoms with Gasteiger partial charge in [-0.3, -0.25) is 14.6 Å². The van der Waals surface area contributed by atoms with Crippen LogP contribution in [0.2, 0.25) is 0 Å². The number of fused-ring (bicyclic) bond motifs is 1. The fourth-order valence-corrected chi connectivity index (χ4v) is 4.81. The Morgan fingerprint density at radius 3 is 2.03 bits per heavy atom. The van der Waals surface area contributed by atoms with E-state index in [9.17, 15) is 36.2 Å². The number of nitrogens with zero attached hydrogens (tertiary/aromatic N) is 3. The highest BCUT2D eigenvalue weighted by Crippen LogP contribution is 2.43. The summed E-state index contributed by atoms with van der Waals surface area (Å²) < 4.78 is 68.6. The summed E-state index contributed by atoms with van der Waals surface area (Å²) in [5.41, 5.74) is 0.509. The summed E-state index contributed by atoms with van der Waals surface area (Å²) in [6, 6.07) is 0. The van der Waals surface area contributed by atoms with Gasteiger partial charge in [-0.25, -0.2) is 14.6 Å². The lowest BCUT2D eigenvalue weighted by molar-refractivity contribution is -0.193. The van der Waals surface area contributed by atoms with Crippen LogP contribution in [0.3, 0.4) is 0 Å². The molecule has 0 saturated carbocycles. The van der Waals surface area contributed by atoms with E-state index in [1.165, 1.54) is 0 Å². The van der Waals surface area contributed by atoms with Gasteiger partial charge in [-0.2, -0.15) is 26.3 Å². The van der Waals surface area contributed by atoms with Crippen molar-refractivity contribution in [1.82, 2.24) is 14.8 Å². The van der Waals surface area contributed by atoms with Gasteiger partial charge in [-0.1, -0.05) is 0 Å². The molecule has 2 aliphatic rings.